The second-order valence-corrected chi connectivity index (χ2v) is 5.87. The van der Waals surface area contributed by atoms with Gasteiger partial charge in [-0.25, -0.2) is 9.13 Å². The zero-order chi connectivity index (χ0) is 18.4. The summed E-state index contributed by atoms with van der Waals surface area (Å²) >= 11 is 0. The van der Waals surface area contributed by atoms with Crippen molar-refractivity contribution in [3.05, 3.63) is 65.5 Å². The molecule has 0 bridgehead atoms. The molecule has 0 aliphatic heterocycles. The predicted octanol–water partition coefficient (Wildman–Crippen LogP) is 4.11. The number of imidazole rings is 1. The largest absolute Gasteiger partial charge is 0.288 e. The van der Waals surface area contributed by atoms with Crippen LogP contribution in [0.3, 0.4) is 0 Å². The molecule has 112 valence electrons. The van der Waals surface area contributed by atoms with Gasteiger partial charge in [-0.15, -0.1) is 0 Å². The molecule has 0 saturated carbocycles. The van der Waals surface area contributed by atoms with Crippen LogP contribution in [0.15, 0.2) is 48.8 Å². The molecule has 0 radical (unpaired) electrons. The Kier molecular flexibility index (Phi) is 2.79. The second kappa shape index (κ2) is 5.45. The molecule has 0 aliphatic carbocycles. The highest BCUT2D eigenvalue weighted by Gasteiger charge is 2.18. The zero-order valence-corrected chi connectivity index (χ0v) is 13.5. The predicted molar refractivity (Wildman–Crippen MR) is 91.7 cm³/mol. The molecule has 0 atom stereocenters. The normalized spacial score (nSPS) is 13.5. The van der Waals surface area contributed by atoms with E-state index in [0.29, 0.717) is 5.56 Å². The summed E-state index contributed by atoms with van der Waals surface area (Å²) in [4.78, 5) is 0. The Balaban J connectivity index is 2.26. The van der Waals surface area contributed by atoms with Crippen LogP contribution in [0, 0.1) is 20.7 Å². The minimum atomic E-state index is -2.14. The Hall–Kier alpha value is -2.35. The molecule has 0 amide bonds. The first kappa shape index (κ1) is 11.2. The maximum atomic E-state index is 7.92. The molecule has 2 heteroatoms. The molecule has 0 saturated heterocycles. The van der Waals surface area contributed by atoms with Gasteiger partial charge in [-0.3, -0.25) is 0 Å². The van der Waals surface area contributed by atoms with Gasteiger partial charge >= 0.3 is 0 Å². The average molecular weight is 294 g/mol. The highest BCUT2D eigenvalue weighted by atomic mass is 15.1. The van der Waals surface area contributed by atoms with Gasteiger partial charge in [0.25, 0.3) is 5.82 Å². The summed E-state index contributed by atoms with van der Waals surface area (Å²) in [7, 11) is 4.03. The van der Waals surface area contributed by atoms with E-state index in [9.17, 15) is 0 Å². The van der Waals surface area contributed by atoms with Gasteiger partial charge in [-0.1, -0.05) is 35.9 Å². The Morgan fingerprint density at radius 2 is 1.82 bits per heavy atom. The van der Waals surface area contributed by atoms with E-state index in [4.69, 9.17) is 4.11 Å². The van der Waals surface area contributed by atoms with Crippen LogP contribution in [-0.4, -0.2) is 4.57 Å². The molecule has 0 aliphatic rings. The number of aryl methyl sites for hydroxylation is 4. The van der Waals surface area contributed by atoms with Gasteiger partial charge in [0, 0.05) is 4.11 Å². The molecular weight excluding hydrogens is 268 g/mol. The summed E-state index contributed by atoms with van der Waals surface area (Å²) in [6.45, 7) is 1.84. The summed E-state index contributed by atoms with van der Waals surface area (Å²) in [5, 5.41) is 0. The van der Waals surface area contributed by atoms with Crippen LogP contribution >= 0.6 is 0 Å². The number of benzene rings is 2. The SMILES string of the molecule is [2H]C([2H])([2H])c1cc(C)ccc1-c1cccc(-c2n(C)cc[n+]2C)c1C. The molecule has 3 rings (SSSR count). The van der Waals surface area contributed by atoms with Crippen LogP contribution in [0.1, 0.15) is 20.8 Å². The van der Waals surface area contributed by atoms with Crippen LogP contribution < -0.4 is 4.57 Å². The molecule has 0 N–H and O–H groups in total. The molecule has 2 aromatic carbocycles. The minimum absolute atomic E-state index is 0.406. The molecule has 2 nitrogen and oxygen atoms in total. The van der Waals surface area contributed by atoms with Crippen molar-refractivity contribution in [2.24, 2.45) is 14.1 Å². The summed E-state index contributed by atoms with van der Waals surface area (Å²) in [6.07, 6.45) is 4.03. The first-order valence-electron chi connectivity index (χ1n) is 8.92. The van der Waals surface area contributed by atoms with Crippen LogP contribution in [0.25, 0.3) is 22.5 Å². The number of rotatable bonds is 2. The van der Waals surface area contributed by atoms with Crippen LogP contribution in [-0.2, 0) is 14.1 Å². The van der Waals surface area contributed by atoms with E-state index < -0.39 is 6.85 Å². The Labute approximate surface area is 136 Å². The lowest BCUT2D eigenvalue weighted by Crippen LogP contribution is -2.29. The quantitative estimate of drug-likeness (QED) is 0.629. The lowest BCUT2D eigenvalue weighted by molar-refractivity contribution is -0.659. The third-order valence-electron chi connectivity index (χ3n) is 4.22. The van der Waals surface area contributed by atoms with Gasteiger partial charge in [-0.2, -0.15) is 0 Å². The third kappa shape index (κ3) is 2.35. The molecule has 1 aromatic heterocycles. The van der Waals surface area contributed by atoms with Gasteiger partial charge < -0.3 is 0 Å². The highest BCUT2D eigenvalue weighted by Crippen LogP contribution is 2.32. The van der Waals surface area contributed by atoms with Gasteiger partial charge in [-0.05, 0) is 49.0 Å². The molecule has 0 spiro atoms. The van der Waals surface area contributed by atoms with E-state index in [1.165, 1.54) is 0 Å². The summed E-state index contributed by atoms with van der Waals surface area (Å²) < 4.78 is 27.9. The maximum Gasteiger partial charge on any atom is 0.288 e. The standard InChI is InChI=1S/C20H23N2/c1-14-9-10-17(15(2)13-14)18-7-6-8-19(16(18)3)20-21(4)11-12-22(20)5/h6-13H,1-5H3/q+1/i2D3. The molecule has 1 heterocycles. The lowest BCUT2D eigenvalue weighted by atomic mass is 9.92. The minimum Gasteiger partial charge on any atom is -0.233 e. The van der Waals surface area contributed by atoms with E-state index in [-0.39, 0.29) is 0 Å². The maximum absolute atomic E-state index is 7.92. The van der Waals surface area contributed by atoms with Crippen molar-refractivity contribution in [1.29, 1.82) is 0 Å². The lowest BCUT2D eigenvalue weighted by Gasteiger charge is -2.13. The monoisotopic (exact) mass is 294 g/mol. The van der Waals surface area contributed by atoms with Crippen molar-refractivity contribution >= 4 is 0 Å². The summed E-state index contributed by atoms with van der Waals surface area (Å²) in [5.41, 5.74) is 5.28. The smallest absolute Gasteiger partial charge is 0.233 e. The average Bonchev–Trinajstić information content (AvgIpc) is 2.86. The van der Waals surface area contributed by atoms with Gasteiger partial charge in [0.2, 0.25) is 0 Å². The topological polar surface area (TPSA) is 8.81 Å². The summed E-state index contributed by atoms with van der Waals surface area (Å²) in [6, 6.07) is 11.7. The van der Waals surface area contributed by atoms with E-state index in [2.05, 4.69) is 22.1 Å². The first-order chi connectivity index (χ1) is 11.7. The second-order valence-electron chi connectivity index (χ2n) is 5.87. The van der Waals surface area contributed by atoms with Crippen molar-refractivity contribution < 1.29 is 8.68 Å². The Bertz CT molecular complexity index is 917. The molecule has 0 fully saturated rings. The molecule has 0 unspecified atom stereocenters. The Morgan fingerprint density at radius 1 is 1.05 bits per heavy atom. The fourth-order valence-electron chi connectivity index (χ4n) is 3.03. The van der Waals surface area contributed by atoms with Crippen molar-refractivity contribution in [2.45, 2.75) is 20.7 Å². The van der Waals surface area contributed by atoms with Crippen molar-refractivity contribution in [3.8, 4) is 22.5 Å². The fourth-order valence-corrected chi connectivity index (χ4v) is 3.03. The van der Waals surface area contributed by atoms with Crippen molar-refractivity contribution in [1.82, 2.24) is 4.57 Å². The van der Waals surface area contributed by atoms with Crippen molar-refractivity contribution in [2.75, 3.05) is 0 Å². The van der Waals surface area contributed by atoms with E-state index in [1.54, 1.807) is 6.07 Å². The molecule has 3 aromatic rings. The van der Waals surface area contributed by atoms with Crippen LogP contribution in [0.2, 0.25) is 0 Å². The number of hydrogen-bond acceptors (Lipinski definition) is 0. The van der Waals surface area contributed by atoms with E-state index in [0.717, 1.165) is 33.6 Å². The van der Waals surface area contributed by atoms with Gasteiger partial charge in [0.15, 0.2) is 0 Å². The molecular formula is C20H23N2+. The van der Waals surface area contributed by atoms with Crippen LogP contribution in [0.4, 0.5) is 0 Å². The van der Waals surface area contributed by atoms with Gasteiger partial charge in [0.1, 0.15) is 12.4 Å². The zero-order valence-electron chi connectivity index (χ0n) is 16.5. The number of nitrogens with zero attached hydrogens (tertiary/aromatic N) is 2. The van der Waals surface area contributed by atoms with E-state index in [1.807, 2.05) is 57.7 Å². The van der Waals surface area contributed by atoms with Crippen molar-refractivity contribution in [3.63, 3.8) is 0 Å². The summed E-state index contributed by atoms with van der Waals surface area (Å²) in [5.74, 6) is 1.09. The van der Waals surface area contributed by atoms with Gasteiger partial charge in [0.05, 0.1) is 19.7 Å². The number of hydrogen-bond donors (Lipinski definition) is 0. The third-order valence-corrected chi connectivity index (χ3v) is 4.22. The van der Waals surface area contributed by atoms with Crippen LogP contribution in [0.5, 0.6) is 0 Å². The fraction of sp³-hybridized carbons (Fsp3) is 0.250. The molecule has 22 heavy (non-hydrogen) atoms. The Morgan fingerprint density at radius 3 is 2.50 bits per heavy atom. The highest BCUT2D eigenvalue weighted by molar-refractivity contribution is 5.77. The first-order valence-corrected chi connectivity index (χ1v) is 7.42. The van der Waals surface area contributed by atoms with E-state index >= 15 is 0 Å². The number of aromatic nitrogens is 2.